The fourth-order valence-corrected chi connectivity index (χ4v) is 2.29. The van der Waals surface area contributed by atoms with E-state index in [1.165, 1.54) is 0 Å². The average molecular weight is 212 g/mol. The molecule has 2 fully saturated rings. The van der Waals surface area contributed by atoms with Gasteiger partial charge in [-0.05, 0) is 31.8 Å². The third-order valence-corrected chi connectivity index (χ3v) is 3.45. The zero-order valence-corrected chi connectivity index (χ0v) is 8.86. The van der Waals surface area contributed by atoms with Crippen LogP contribution in [0.25, 0.3) is 0 Å². The second-order valence-corrected chi connectivity index (χ2v) is 4.60. The Morgan fingerprint density at radius 1 is 1.60 bits per heavy atom. The van der Waals surface area contributed by atoms with Gasteiger partial charge in [-0.3, -0.25) is 0 Å². The highest BCUT2D eigenvalue weighted by molar-refractivity contribution is 5.62. The van der Waals surface area contributed by atoms with E-state index >= 15 is 0 Å². The van der Waals surface area contributed by atoms with Crippen LogP contribution in [0.3, 0.4) is 0 Å². The summed E-state index contributed by atoms with van der Waals surface area (Å²) in [6.07, 6.45) is 1.21. The zero-order chi connectivity index (χ0) is 11.1. The number of hydrogen-bond acceptors (Lipinski definition) is 4. The van der Waals surface area contributed by atoms with Gasteiger partial charge in [0.25, 0.3) is 0 Å². The highest BCUT2D eigenvalue weighted by Gasteiger charge is 2.46. The first kappa shape index (κ1) is 10.5. The van der Waals surface area contributed by atoms with E-state index in [2.05, 4.69) is 6.58 Å². The van der Waals surface area contributed by atoms with Gasteiger partial charge in [0, 0.05) is 5.92 Å². The lowest BCUT2D eigenvalue weighted by Crippen LogP contribution is -2.41. The van der Waals surface area contributed by atoms with Crippen molar-refractivity contribution in [1.82, 2.24) is 0 Å². The number of hydrogen-bond donors (Lipinski definition) is 1. The summed E-state index contributed by atoms with van der Waals surface area (Å²) in [4.78, 5) is 10.9. The molecule has 1 aliphatic carbocycles. The number of carbonyl (C=O) groups excluding carboxylic acids is 1. The Morgan fingerprint density at radius 3 is 2.87 bits per heavy atom. The molecule has 3 unspecified atom stereocenters. The van der Waals surface area contributed by atoms with Crippen molar-refractivity contribution in [3.8, 4) is 0 Å². The Hall–Kier alpha value is -1.03. The van der Waals surface area contributed by atoms with Crippen molar-refractivity contribution in [1.29, 1.82) is 0 Å². The van der Waals surface area contributed by atoms with Gasteiger partial charge in [0.2, 0.25) is 0 Å². The fourth-order valence-electron chi connectivity index (χ4n) is 2.29. The molecule has 1 heterocycles. The summed E-state index contributed by atoms with van der Waals surface area (Å²) >= 11 is 0. The molecule has 0 radical (unpaired) electrons. The number of aliphatic hydroxyl groups excluding tert-OH is 1. The number of cyclic esters (lactones) is 2. The van der Waals surface area contributed by atoms with Crippen LogP contribution in [-0.2, 0) is 9.47 Å². The van der Waals surface area contributed by atoms with Crippen LogP contribution < -0.4 is 0 Å². The van der Waals surface area contributed by atoms with Gasteiger partial charge in [-0.1, -0.05) is 6.58 Å². The molecule has 4 heteroatoms. The van der Waals surface area contributed by atoms with E-state index in [9.17, 15) is 9.90 Å². The summed E-state index contributed by atoms with van der Waals surface area (Å²) in [5.74, 6) is 0.157. The van der Waals surface area contributed by atoms with Gasteiger partial charge >= 0.3 is 6.16 Å². The van der Waals surface area contributed by atoms with Crippen molar-refractivity contribution in [2.75, 3.05) is 6.61 Å². The van der Waals surface area contributed by atoms with Crippen LogP contribution >= 0.6 is 0 Å². The quantitative estimate of drug-likeness (QED) is 0.530. The normalized spacial score (nSPS) is 41.2. The molecule has 0 spiro atoms. The molecule has 0 aromatic rings. The largest absolute Gasteiger partial charge is 0.509 e. The first-order valence-electron chi connectivity index (χ1n) is 5.23. The van der Waals surface area contributed by atoms with E-state index in [0.717, 1.165) is 18.4 Å². The molecule has 2 aliphatic rings. The third kappa shape index (κ3) is 1.86. The molecule has 0 bridgehead atoms. The van der Waals surface area contributed by atoms with Crippen molar-refractivity contribution in [3.05, 3.63) is 12.2 Å². The predicted octanol–water partition coefficient (Wildman–Crippen LogP) is 1.63. The SMILES string of the molecule is C=C1CCC(C2(C)COC(=O)O2)CC1O. The van der Waals surface area contributed by atoms with Gasteiger partial charge in [-0.2, -0.15) is 0 Å². The summed E-state index contributed by atoms with van der Waals surface area (Å²) in [6, 6.07) is 0. The minimum atomic E-state index is -0.601. The Kier molecular flexibility index (Phi) is 2.46. The second kappa shape index (κ2) is 3.52. The highest BCUT2D eigenvalue weighted by Crippen LogP contribution is 2.39. The van der Waals surface area contributed by atoms with Crippen LogP contribution in [0.4, 0.5) is 4.79 Å². The van der Waals surface area contributed by atoms with Gasteiger partial charge in [-0.25, -0.2) is 4.79 Å². The molecule has 1 saturated heterocycles. The Labute approximate surface area is 88.9 Å². The van der Waals surface area contributed by atoms with Gasteiger partial charge < -0.3 is 14.6 Å². The van der Waals surface area contributed by atoms with Crippen LogP contribution in [0, 0.1) is 5.92 Å². The van der Waals surface area contributed by atoms with Crippen molar-refractivity contribution in [2.45, 2.75) is 37.9 Å². The molecule has 1 aliphatic heterocycles. The molecular weight excluding hydrogens is 196 g/mol. The molecule has 15 heavy (non-hydrogen) atoms. The molecule has 0 amide bonds. The third-order valence-electron chi connectivity index (χ3n) is 3.45. The fraction of sp³-hybridized carbons (Fsp3) is 0.727. The first-order valence-corrected chi connectivity index (χ1v) is 5.23. The van der Waals surface area contributed by atoms with E-state index in [4.69, 9.17) is 9.47 Å². The lowest BCUT2D eigenvalue weighted by atomic mass is 9.75. The van der Waals surface area contributed by atoms with Crippen molar-refractivity contribution in [3.63, 3.8) is 0 Å². The van der Waals surface area contributed by atoms with E-state index in [-0.39, 0.29) is 12.5 Å². The Balaban J connectivity index is 2.05. The summed E-state index contributed by atoms with van der Waals surface area (Å²) in [6.45, 7) is 5.96. The lowest BCUT2D eigenvalue weighted by molar-refractivity contribution is -0.00942. The average Bonchev–Trinajstić information content (AvgIpc) is 2.52. The van der Waals surface area contributed by atoms with E-state index in [0.29, 0.717) is 6.42 Å². The number of ether oxygens (including phenoxy) is 2. The lowest BCUT2D eigenvalue weighted by Gasteiger charge is -2.36. The summed E-state index contributed by atoms with van der Waals surface area (Å²) in [5.41, 5.74) is 0.304. The van der Waals surface area contributed by atoms with E-state index in [1.54, 1.807) is 0 Å². The van der Waals surface area contributed by atoms with Crippen LogP contribution in [0.1, 0.15) is 26.2 Å². The number of carbonyl (C=O) groups is 1. The Bertz CT molecular complexity index is 299. The molecule has 4 nitrogen and oxygen atoms in total. The summed E-state index contributed by atoms with van der Waals surface area (Å²) in [7, 11) is 0. The van der Waals surface area contributed by atoms with E-state index in [1.807, 2.05) is 6.92 Å². The maximum atomic E-state index is 10.9. The van der Waals surface area contributed by atoms with Gasteiger partial charge in [0.1, 0.15) is 12.2 Å². The first-order chi connectivity index (χ1) is 7.01. The summed E-state index contributed by atoms with van der Waals surface area (Å²) < 4.78 is 9.99. The maximum Gasteiger partial charge on any atom is 0.509 e. The van der Waals surface area contributed by atoms with Gasteiger partial charge in [0.15, 0.2) is 0 Å². The number of rotatable bonds is 1. The topological polar surface area (TPSA) is 55.8 Å². The van der Waals surface area contributed by atoms with Crippen molar-refractivity contribution < 1.29 is 19.4 Å². The molecule has 84 valence electrons. The molecule has 0 aromatic carbocycles. The molecule has 2 rings (SSSR count). The Morgan fingerprint density at radius 2 is 2.33 bits per heavy atom. The zero-order valence-electron chi connectivity index (χ0n) is 8.86. The molecule has 3 atom stereocenters. The maximum absolute atomic E-state index is 10.9. The predicted molar refractivity (Wildman–Crippen MR) is 53.3 cm³/mol. The van der Waals surface area contributed by atoms with Crippen LogP contribution in [-0.4, -0.2) is 29.6 Å². The van der Waals surface area contributed by atoms with Crippen molar-refractivity contribution >= 4 is 6.16 Å². The molecule has 1 N–H and O–H groups in total. The molecular formula is C11H16O4. The molecule has 1 saturated carbocycles. The van der Waals surface area contributed by atoms with Gasteiger partial charge in [-0.15, -0.1) is 0 Å². The van der Waals surface area contributed by atoms with Crippen LogP contribution in [0.2, 0.25) is 0 Å². The highest BCUT2D eigenvalue weighted by atomic mass is 16.8. The number of aliphatic hydroxyl groups is 1. The standard InChI is InChI=1S/C11H16O4/c1-7-3-4-8(5-9(7)12)11(2)6-14-10(13)15-11/h8-9,12H,1,3-6H2,2H3. The minimum Gasteiger partial charge on any atom is -0.430 e. The monoisotopic (exact) mass is 212 g/mol. The molecule has 0 aromatic heterocycles. The smallest absolute Gasteiger partial charge is 0.430 e. The van der Waals surface area contributed by atoms with E-state index < -0.39 is 17.9 Å². The van der Waals surface area contributed by atoms with Gasteiger partial charge in [0.05, 0.1) is 6.10 Å². The van der Waals surface area contributed by atoms with Crippen LogP contribution in [0.15, 0.2) is 12.2 Å². The second-order valence-electron chi connectivity index (χ2n) is 4.60. The minimum absolute atomic E-state index is 0.157. The summed E-state index contributed by atoms with van der Waals surface area (Å²) in [5, 5.41) is 9.71. The van der Waals surface area contributed by atoms with Crippen LogP contribution in [0.5, 0.6) is 0 Å². The van der Waals surface area contributed by atoms with Crippen molar-refractivity contribution in [2.24, 2.45) is 5.92 Å².